The molecule has 0 saturated heterocycles. The molecular formula is C14H18N4O. The lowest BCUT2D eigenvalue weighted by molar-refractivity contribution is 0.124. The van der Waals surface area contributed by atoms with Crippen molar-refractivity contribution in [3.8, 4) is 0 Å². The molecular weight excluding hydrogens is 240 g/mol. The van der Waals surface area contributed by atoms with Gasteiger partial charge < -0.3 is 10.1 Å². The molecule has 1 aromatic heterocycles. The van der Waals surface area contributed by atoms with Crippen LogP contribution in [0.5, 0.6) is 0 Å². The molecule has 0 bridgehead atoms. The number of para-hydroxylation sites is 1. The average Bonchev–Trinajstić information content (AvgIpc) is 3.27. The van der Waals surface area contributed by atoms with Crippen molar-refractivity contribution >= 4 is 17.0 Å². The van der Waals surface area contributed by atoms with E-state index in [0.717, 1.165) is 43.1 Å². The van der Waals surface area contributed by atoms with Crippen molar-refractivity contribution in [1.29, 1.82) is 0 Å². The quantitative estimate of drug-likeness (QED) is 0.772. The van der Waals surface area contributed by atoms with Crippen molar-refractivity contribution < 1.29 is 4.74 Å². The van der Waals surface area contributed by atoms with Gasteiger partial charge in [0.2, 0.25) is 5.95 Å². The number of ether oxygens (including phenoxy) is 1. The van der Waals surface area contributed by atoms with Crippen molar-refractivity contribution in [2.24, 2.45) is 5.92 Å². The maximum atomic E-state index is 5.57. The minimum atomic E-state index is 0.584. The smallest absolute Gasteiger partial charge is 0.243 e. The summed E-state index contributed by atoms with van der Waals surface area (Å²) in [5.41, 5.74) is 1.69. The molecule has 2 aromatic rings. The van der Waals surface area contributed by atoms with Crippen molar-refractivity contribution in [3.63, 3.8) is 0 Å². The normalized spacial score (nSPS) is 14.7. The second kappa shape index (κ2) is 5.93. The van der Waals surface area contributed by atoms with Crippen LogP contribution in [-0.2, 0) is 4.74 Å². The van der Waals surface area contributed by atoms with Crippen LogP contribution in [-0.4, -0.2) is 34.9 Å². The molecule has 0 unspecified atom stereocenters. The number of nitrogens with one attached hydrogen (secondary N) is 1. The predicted molar refractivity (Wildman–Crippen MR) is 74.0 cm³/mol. The van der Waals surface area contributed by atoms with Crippen molar-refractivity contribution in [2.45, 2.75) is 19.3 Å². The topological polar surface area (TPSA) is 59.9 Å². The Hall–Kier alpha value is -1.75. The Bertz CT molecular complexity index is 542. The molecule has 5 heteroatoms. The maximum Gasteiger partial charge on any atom is 0.243 e. The Labute approximate surface area is 112 Å². The van der Waals surface area contributed by atoms with Gasteiger partial charge in [-0.05, 0) is 37.3 Å². The summed E-state index contributed by atoms with van der Waals surface area (Å²) < 4.78 is 5.57. The van der Waals surface area contributed by atoms with E-state index < -0.39 is 0 Å². The van der Waals surface area contributed by atoms with Crippen LogP contribution in [0.3, 0.4) is 0 Å². The van der Waals surface area contributed by atoms with Gasteiger partial charge in [-0.1, -0.05) is 12.1 Å². The van der Waals surface area contributed by atoms with Crippen LogP contribution in [0.2, 0.25) is 0 Å². The molecule has 0 amide bonds. The molecule has 19 heavy (non-hydrogen) atoms. The van der Waals surface area contributed by atoms with E-state index in [2.05, 4.69) is 20.5 Å². The van der Waals surface area contributed by atoms with Crippen LogP contribution in [0, 0.1) is 5.92 Å². The first kappa shape index (κ1) is 12.3. The molecule has 1 aliphatic carbocycles. The van der Waals surface area contributed by atoms with Crippen LogP contribution in [0.25, 0.3) is 11.0 Å². The van der Waals surface area contributed by atoms with Gasteiger partial charge in [0.15, 0.2) is 0 Å². The molecule has 0 radical (unpaired) electrons. The number of benzene rings is 1. The van der Waals surface area contributed by atoms with Gasteiger partial charge in [-0.25, -0.2) is 4.98 Å². The summed E-state index contributed by atoms with van der Waals surface area (Å²) in [6.07, 6.45) is 3.65. The van der Waals surface area contributed by atoms with Gasteiger partial charge in [-0.15, -0.1) is 10.2 Å². The summed E-state index contributed by atoms with van der Waals surface area (Å²) in [5.74, 6) is 1.42. The van der Waals surface area contributed by atoms with Gasteiger partial charge in [0, 0.05) is 19.8 Å². The fourth-order valence-electron chi connectivity index (χ4n) is 1.86. The summed E-state index contributed by atoms with van der Waals surface area (Å²) in [6, 6.07) is 7.73. The van der Waals surface area contributed by atoms with Gasteiger partial charge in [0.25, 0.3) is 0 Å². The van der Waals surface area contributed by atoms with Crippen molar-refractivity contribution in [1.82, 2.24) is 15.2 Å². The standard InChI is InChI=1S/C14H18N4O/c1-2-5-13-12(4-1)16-14(18-17-13)15-8-3-9-19-10-11-6-7-11/h1-2,4-5,11H,3,6-10H2,(H,15,16,18). The lowest BCUT2D eigenvalue weighted by atomic mass is 10.3. The highest BCUT2D eigenvalue weighted by atomic mass is 16.5. The number of hydrogen-bond acceptors (Lipinski definition) is 5. The molecule has 3 rings (SSSR count). The van der Waals surface area contributed by atoms with Gasteiger partial charge in [0.1, 0.15) is 5.52 Å². The number of rotatable bonds is 7. The average molecular weight is 258 g/mol. The predicted octanol–water partition coefficient (Wildman–Crippen LogP) is 2.25. The van der Waals surface area contributed by atoms with Gasteiger partial charge in [-0.3, -0.25) is 0 Å². The molecule has 1 fully saturated rings. The fraction of sp³-hybridized carbons (Fsp3) is 0.500. The number of fused-ring (bicyclic) bond motifs is 1. The van der Waals surface area contributed by atoms with Gasteiger partial charge in [-0.2, -0.15) is 0 Å². The minimum Gasteiger partial charge on any atom is -0.381 e. The zero-order valence-corrected chi connectivity index (χ0v) is 10.9. The van der Waals surface area contributed by atoms with E-state index in [4.69, 9.17) is 4.74 Å². The number of anilines is 1. The molecule has 0 atom stereocenters. The molecule has 1 aromatic carbocycles. The second-order valence-corrected chi connectivity index (χ2v) is 4.92. The Morgan fingerprint density at radius 2 is 2.00 bits per heavy atom. The zero-order valence-electron chi connectivity index (χ0n) is 10.9. The highest BCUT2D eigenvalue weighted by Gasteiger charge is 2.20. The molecule has 1 N–H and O–H groups in total. The molecule has 1 saturated carbocycles. The fourth-order valence-corrected chi connectivity index (χ4v) is 1.86. The second-order valence-electron chi connectivity index (χ2n) is 4.92. The SMILES string of the molecule is c1ccc2nc(NCCCOCC3CC3)nnc2c1. The first-order valence-corrected chi connectivity index (χ1v) is 6.83. The van der Waals surface area contributed by atoms with E-state index in [1.165, 1.54) is 12.8 Å². The third-order valence-corrected chi connectivity index (χ3v) is 3.16. The van der Waals surface area contributed by atoms with E-state index in [0.29, 0.717) is 5.95 Å². The van der Waals surface area contributed by atoms with E-state index in [1.807, 2.05) is 24.3 Å². The summed E-state index contributed by atoms with van der Waals surface area (Å²) >= 11 is 0. The van der Waals surface area contributed by atoms with Crippen molar-refractivity contribution in [2.75, 3.05) is 25.1 Å². The van der Waals surface area contributed by atoms with E-state index >= 15 is 0 Å². The highest BCUT2D eigenvalue weighted by Crippen LogP contribution is 2.28. The Balaban J connectivity index is 1.42. The molecule has 1 aliphatic rings. The van der Waals surface area contributed by atoms with E-state index in [1.54, 1.807) is 0 Å². The van der Waals surface area contributed by atoms with Crippen LogP contribution < -0.4 is 5.32 Å². The summed E-state index contributed by atoms with van der Waals surface area (Å²) in [7, 11) is 0. The zero-order chi connectivity index (χ0) is 12.9. The van der Waals surface area contributed by atoms with E-state index in [-0.39, 0.29) is 0 Å². The summed E-state index contributed by atoms with van der Waals surface area (Å²) in [6.45, 7) is 2.53. The van der Waals surface area contributed by atoms with Gasteiger partial charge in [0.05, 0.1) is 5.52 Å². The van der Waals surface area contributed by atoms with Crippen LogP contribution in [0.15, 0.2) is 24.3 Å². The highest BCUT2D eigenvalue weighted by molar-refractivity contribution is 5.73. The molecule has 100 valence electrons. The largest absolute Gasteiger partial charge is 0.381 e. The first-order valence-electron chi connectivity index (χ1n) is 6.83. The molecule has 0 spiro atoms. The van der Waals surface area contributed by atoms with Crippen LogP contribution in [0.4, 0.5) is 5.95 Å². The molecule has 0 aliphatic heterocycles. The van der Waals surface area contributed by atoms with E-state index in [9.17, 15) is 0 Å². The van der Waals surface area contributed by atoms with Gasteiger partial charge >= 0.3 is 0 Å². The monoisotopic (exact) mass is 258 g/mol. The number of aromatic nitrogens is 3. The maximum absolute atomic E-state index is 5.57. The number of hydrogen-bond donors (Lipinski definition) is 1. The van der Waals surface area contributed by atoms with Crippen LogP contribution >= 0.6 is 0 Å². The van der Waals surface area contributed by atoms with Crippen molar-refractivity contribution in [3.05, 3.63) is 24.3 Å². The third-order valence-electron chi connectivity index (χ3n) is 3.16. The third kappa shape index (κ3) is 3.61. The summed E-state index contributed by atoms with van der Waals surface area (Å²) in [4.78, 5) is 4.41. The lowest BCUT2D eigenvalue weighted by Gasteiger charge is -2.05. The van der Waals surface area contributed by atoms with Crippen LogP contribution in [0.1, 0.15) is 19.3 Å². The minimum absolute atomic E-state index is 0.584. The molecule has 1 heterocycles. The number of nitrogens with zero attached hydrogens (tertiary/aromatic N) is 3. The molecule has 5 nitrogen and oxygen atoms in total. The summed E-state index contributed by atoms with van der Waals surface area (Å²) in [5, 5.41) is 11.3. The Kier molecular flexibility index (Phi) is 3.83. The first-order chi connectivity index (χ1) is 9.42. The lowest BCUT2D eigenvalue weighted by Crippen LogP contribution is -2.09. The Morgan fingerprint density at radius 3 is 2.84 bits per heavy atom. The Morgan fingerprint density at radius 1 is 1.16 bits per heavy atom.